The monoisotopic (exact) mass is 335 g/mol. The van der Waals surface area contributed by atoms with Crippen LogP contribution in [0.5, 0.6) is 0 Å². The van der Waals surface area contributed by atoms with E-state index in [0.717, 1.165) is 12.8 Å². The first kappa shape index (κ1) is 17.4. The minimum absolute atomic E-state index is 0.127. The zero-order valence-corrected chi connectivity index (χ0v) is 14.4. The minimum Gasteiger partial charge on any atom is -0.444 e. The Labute approximate surface area is 138 Å². The fourth-order valence-electron chi connectivity index (χ4n) is 2.43. The summed E-state index contributed by atoms with van der Waals surface area (Å²) in [7, 11) is -1.36. The van der Waals surface area contributed by atoms with Gasteiger partial charge in [0.25, 0.3) is 0 Å². The summed E-state index contributed by atoms with van der Waals surface area (Å²) in [6, 6.07) is 4.99. The summed E-state index contributed by atoms with van der Waals surface area (Å²) >= 11 is 0. The summed E-state index contributed by atoms with van der Waals surface area (Å²) in [6.45, 7) is 6.09. The van der Waals surface area contributed by atoms with Crippen molar-refractivity contribution < 1.29 is 13.7 Å². The SMILES string of the molecule is CC(C)(C)OC(=O)N1CCC[C@H]1C[S@](=O)c1cc(C#N)ccn1. The molecule has 0 saturated carbocycles. The Morgan fingerprint density at radius 2 is 2.30 bits per heavy atom. The zero-order valence-electron chi connectivity index (χ0n) is 13.6. The van der Waals surface area contributed by atoms with Crippen LogP contribution in [-0.4, -0.2) is 44.1 Å². The van der Waals surface area contributed by atoms with Crippen molar-refractivity contribution in [2.45, 2.75) is 50.3 Å². The third-order valence-corrected chi connectivity index (χ3v) is 4.82. The van der Waals surface area contributed by atoms with Gasteiger partial charge < -0.3 is 9.64 Å². The third kappa shape index (κ3) is 4.76. The number of nitrogens with zero attached hydrogens (tertiary/aromatic N) is 3. The second-order valence-corrected chi connectivity index (χ2v) is 7.92. The highest BCUT2D eigenvalue weighted by Gasteiger charge is 2.33. The van der Waals surface area contributed by atoms with Gasteiger partial charge in [-0.25, -0.2) is 9.78 Å². The summed E-state index contributed by atoms with van der Waals surface area (Å²) in [5.74, 6) is 0.307. The van der Waals surface area contributed by atoms with Gasteiger partial charge in [0.05, 0.1) is 28.2 Å². The van der Waals surface area contributed by atoms with Gasteiger partial charge in [-0.3, -0.25) is 4.21 Å². The van der Waals surface area contributed by atoms with Crippen LogP contribution in [-0.2, 0) is 15.5 Å². The Balaban J connectivity index is 2.04. The Morgan fingerprint density at radius 1 is 1.57 bits per heavy atom. The predicted octanol–water partition coefficient (Wildman–Crippen LogP) is 2.46. The second kappa shape index (κ2) is 7.09. The largest absolute Gasteiger partial charge is 0.444 e. The summed E-state index contributed by atoms with van der Waals surface area (Å²) in [5.41, 5.74) is -0.120. The van der Waals surface area contributed by atoms with Crippen LogP contribution in [0.3, 0.4) is 0 Å². The van der Waals surface area contributed by atoms with Crippen LogP contribution in [0.15, 0.2) is 23.4 Å². The predicted molar refractivity (Wildman–Crippen MR) is 86.2 cm³/mol. The van der Waals surface area contributed by atoms with E-state index < -0.39 is 16.4 Å². The molecule has 0 aromatic carbocycles. The van der Waals surface area contributed by atoms with E-state index in [1.165, 1.54) is 12.3 Å². The zero-order chi connectivity index (χ0) is 17.0. The van der Waals surface area contributed by atoms with E-state index in [0.29, 0.717) is 22.9 Å². The maximum Gasteiger partial charge on any atom is 0.410 e. The number of nitriles is 1. The molecular formula is C16H21N3O3S. The average Bonchev–Trinajstić information content (AvgIpc) is 2.93. The van der Waals surface area contributed by atoms with Crippen molar-refractivity contribution >= 4 is 16.9 Å². The molecule has 0 spiro atoms. The van der Waals surface area contributed by atoms with Crippen LogP contribution >= 0.6 is 0 Å². The lowest BCUT2D eigenvalue weighted by Gasteiger charge is -2.28. The Morgan fingerprint density at radius 3 is 2.96 bits per heavy atom. The maximum atomic E-state index is 12.5. The van der Waals surface area contributed by atoms with Gasteiger partial charge in [0.15, 0.2) is 0 Å². The number of hydrogen-bond acceptors (Lipinski definition) is 5. The molecule has 124 valence electrons. The van der Waals surface area contributed by atoms with Crippen molar-refractivity contribution in [3.63, 3.8) is 0 Å². The van der Waals surface area contributed by atoms with Crippen LogP contribution in [0.1, 0.15) is 39.2 Å². The van der Waals surface area contributed by atoms with Gasteiger partial charge in [-0.15, -0.1) is 0 Å². The number of carbonyl (C=O) groups is 1. The smallest absolute Gasteiger partial charge is 0.410 e. The molecule has 2 rings (SSSR count). The van der Waals surface area contributed by atoms with Crippen molar-refractivity contribution in [2.75, 3.05) is 12.3 Å². The molecule has 1 aliphatic rings. The third-order valence-electron chi connectivity index (χ3n) is 3.45. The lowest BCUT2D eigenvalue weighted by molar-refractivity contribution is 0.0241. The normalized spacial score (nSPS) is 19.2. The summed E-state index contributed by atoms with van der Waals surface area (Å²) < 4.78 is 17.9. The van der Waals surface area contributed by atoms with Gasteiger partial charge >= 0.3 is 6.09 Å². The molecule has 0 unspecified atom stereocenters. The molecule has 0 N–H and O–H groups in total. The molecule has 1 aromatic heterocycles. The maximum absolute atomic E-state index is 12.5. The molecule has 7 heteroatoms. The number of carbonyl (C=O) groups excluding carboxylic acids is 1. The molecule has 0 bridgehead atoms. The molecule has 0 aliphatic carbocycles. The van der Waals surface area contributed by atoms with Gasteiger partial charge in [-0.2, -0.15) is 5.26 Å². The number of aromatic nitrogens is 1. The summed E-state index contributed by atoms with van der Waals surface area (Å²) in [5, 5.41) is 9.28. The fraction of sp³-hybridized carbons (Fsp3) is 0.562. The van der Waals surface area contributed by atoms with Crippen molar-refractivity contribution in [3.8, 4) is 6.07 Å². The van der Waals surface area contributed by atoms with E-state index in [4.69, 9.17) is 10.00 Å². The molecular weight excluding hydrogens is 314 g/mol. The van der Waals surface area contributed by atoms with Crippen LogP contribution in [0, 0.1) is 11.3 Å². The van der Waals surface area contributed by atoms with Crippen LogP contribution < -0.4 is 0 Å². The van der Waals surface area contributed by atoms with E-state index in [1.54, 1.807) is 11.0 Å². The molecule has 2 atom stereocenters. The van der Waals surface area contributed by atoms with E-state index in [9.17, 15) is 9.00 Å². The highest BCUT2D eigenvalue weighted by molar-refractivity contribution is 7.85. The summed E-state index contributed by atoms with van der Waals surface area (Å²) in [6.07, 6.45) is 2.78. The lowest BCUT2D eigenvalue weighted by Crippen LogP contribution is -2.42. The van der Waals surface area contributed by atoms with Crippen LogP contribution in [0.25, 0.3) is 0 Å². The highest BCUT2D eigenvalue weighted by atomic mass is 32.2. The van der Waals surface area contributed by atoms with Crippen molar-refractivity contribution in [1.29, 1.82) is 5.26 Å². The first-order chi connectivity index (χ1) is 10.8. The van der Waals surface area contributed by atoms with Crippen molar-refractivity contribution in [3.05, 3.63) is 23.9 Å². The number of ether oxygens (including phenoxy) is 1. The molecule has 1 fully saturated rings. The number of hydrogen-bond donors (Lipinski definition) is 0. The van der Waals surface area contributed by atoms with Gasteiger partial charge in [-0.1, -0.05) is 0 Å². The Hall–Kier alpha value is -1.94. The molecule has 1 aliphatic heterocycles. The molecule has 1 amide bonds. The van der Waals surface area contributed by atoms with E-state index in [-0.39, 0.29) is 12.1 Å². The van der Waals surface area contributed by atoms with Crippen LogP contribution in [0.2, 0.25) is 0 Å². The first-order valence-corrected chi connectivity index (χ1v) is 8.86. The van der Waals surface area contributed by atoms with Gasteiger partial charge in [-0.05, 0) is 45.7 Å². The van der Waals surface area contributed by atoms with Gasteiger partial charge in [0.1, 0.15) is 10.6 Å². The van der Waals surface area contributed by atoms with Crippen LogP contribution in [0.4, 0.5) is 4.79 Å². The highest BCUT2D eigenvalue weighted by Crippen LogP contribution is 2.22. The van der Waals surface area contributed by atoms with E-state index >= 15 is 0 Å². The Bertz CT molecular complexity index is 649. The fourth-order valence-corrected chi connectivity index (χ4v) is 3.74. The topological polar surface area (TPSA) is 83.3 Å². The average molecular weight is 335 g/mol. The lowest BCUT2D eigenvalue weighted by atomic mass is 10.2. The first-order valence-electron chi connectivity index (χ1n) is 7.54. The standard InChI is InChI=1S/C16H21N3O3S/c1-16(2,3)22-15(20)19-8-4-5-13(19)11-23(21)14-9-12(10-17)6-7-18-14/h6-7,9,13H,4-5,8,11H2,1-3H3/t13-,23-/m0/s1. The molecule has 2 heterocycles. The van der Waals surface area contributed by atoms with Crippen molar-refractivity contribution in [2.24, 2.45) is 0 Å². The number of pyridine rings is 1. The summed E-state index contributed by atoms with van der Waals surface area (Å²) in [4.78, 5) is 18.0. The number of rotatable bonds is 3. The quantitative estimate of drug-likeness (QED) is 0.847. The second-order valence-electron chi connectivity index (χ2n) is 6.48. The Kier molecular flexibility index (Phi) is 5.37. The van der Waals surface area contributed by atoms with E-state index in [2.05, 4.69) is 4.98 Å². The van der Waals surface area contributed by atoms with Gasteiger partial charge in [0.2, 0.25) is 0 Å². The van der Waals surface area contributed by atoms with Crippen molar-refractivity contribution in [1.82, 2.24) is 9.88 Å². The molecule has 0 radical (unpaired) electrons. The molecule has 23 heavy (non-hydrogen) atoms. The molecule has 1 saturated heterocycles. The molecule has 6 nitrogen and oxygen atoms in total. The molecule has 1 aromatic rings. The van der Waals surface area contributed by atoms with E-state index in [1.807, 2.05) is 26.8 Å². The number of likely N-dealkylation sites (tertiary alicyclic amines) is 1. The number of amides is 1. The van der Waals surface area contributed by atoms with Gasteiger partial charge in [0, 0.05) is 18.8 Å². The minimum atomic E-state index is -1.36.